The molecule has 0 aliphatic carbocycles. The molecule has 1 rings (SSSR count). The molecule has 2 atom stereocenters. The van der Waals surface area contributed by atoms with E-state index in [1.165, 1.54) is 5.56 Å². The summed E-state index contributed by atoms with van der Waals surface area (Å²) in [4.78, 5) is 0. The Kier molecular flexibility index (Phi) is 4.30. The van der Waals surface area contributed by atoms with Crippen LogP contribution in [0.25, 0.3) is 0 Å². The maximum atomic E-state index is 6.25. The van der Waals surface area contributed by atoms with Crippen LogP contribution in [0, 0.1) is 0 Å². The highest BCUT2D eigenvalue weighted by atomic mass is 14.8. The van der Waals surface area contributed by atoms with Gasteiger partial charge in [-0.2, -0.15) is 0 Å². The summed E-state index contributed by atoms with van der Waals surface area (Å²) in [5.74, 6) is 0. The minimum absolute atomic E-state index is 0.198. The molecule has 0 saturated carbocycles. The van der Waals surface area contributed by atoms with E-state index in [4.69, 9.17) is 11.5 Å². The largest absolute Gasteiger partial charge is 0.328 e. The quantitative estimate of drug-likeness (QED) is 0.775. The second-order valence-electron chi connectivity index (χ2n) is 4.69. The smallest absolute Gasteiger partial charge is 0.0181 e. The van der Waals surface area contributed by atoms with Gasteiger partial charge in [0.1, 0.15) is 0 Å². The van der Waals surface area contributed by atoms with Gasteiger partial charge in [0.2, 0.25) is 0 Å². The average molecular weight is 206 g/mol. The number of benzene rings is 1. The molecule has 0 aliphatic rings. The molecule has 0 fully saturated rings. The van der Waals surface area contributed by atoms with Crippen LogP contribution in [0.3, 0.4) is 0 Å². The predicted octanol–water partition coefficient (Wildman–Crippen LogP) is 2.07. The van der Waals surface area contributed by atoms with Crippen molar-refractivity contribution in [2.24, 2.45) is 11.5 Å². The third kappa shape index (κ3) is 4.45. The van der Waals surface area contributed by atoms with Crippen molar-refractivity contribution in [3.63, 3.8) is 0 Å². The molecular formula is C13H22N2. The molecule has 0 aliphatic heterocycles. The monoisotopic (exact) mass is 206 g/mol. The van der Waals surface area contributed by atoms with Gasteiger partial charge >= 0.3 is 0 Å². The second-order valence-corrected chi connectivity index (χ2v) is 4.69. The standard InChI is InChI=1S/C13H22N2/c1-3-12(14)10-13(2,15)9-11-7-5-4-6-8-11/h4-8,12H,3,9-10,14-15H2,1-2H3/t12-,13?/m1/s1. The van der Waals surface area contributed by atoms with E-state index >= 15 is 0 Å². The molecule has 0 heterocycles. The second kappa shape index (κ2) is 5.29. The van der Waals surface area contributed by atoms with Crippen molar-refractivity contribution in [3.8, 4) is 0 Å². The van der Waals surface area contributed by atoms with E-state index < -0.39 is 0 Å². The summed E-state index contributed by atoms with van der Waals surface area (Å²) < 4.78 is 0. The molecule has 1 unspecified atom stereocenters. The first-order chi connectivity index (χ1) is 7.03. The molecule has 1 aromatic carbocycles. The molecule has 2 heteroatoms. The zero-order chi connectivity index (χ0) is 11.3. The molecule has 0 bridgehead atoms. The molecule has 0 saturated heterocycles. The minimum atomic E-state index is -0.198. The summed E-state index contributed by atoms with van der Waals surface area (Å²) in [7, 11) is 0. The summed E-state index contributed by atoms with van der Waals surface area (Å²) in [6.07, 6.45) is 2.75. The van der Waals surface area contributed by atoms with Crippen molar-refractivity contribution in [1.82, 2.24) is 0 Å². The van der Waals surface area contributed by atoms with Crippen LogP contribution in [0.1, 0.15) is 32.3 Å². The Morgan fingerprint density at radius 1 is 1.27 bits per heavy atom. The van der Waals surface area contributed by atoms with E-state index in [9.17, 15) is 0 Å². The van der Waals surface area contributed by atoms with Gasteiger partial charge in [-0.3, -0.25) is 0 Å². The van der Waals surface area contributed by atoms with Crippen molar-refractivity contribution < 1.29 is 0 Å². The first-order valence-corrected chi connectivity index (χ1v) is 5.62. The summed E-state index contributed by atoms with van der Waals surface area (Å²) >= 11 is 0. The van der Waals surface area contributed by atoms with Crippen molar-refractivity contribution in [1.29, 1.82) is 0 Å². The third-order valence-corrected chi connectivity index (χ3v) is 2.70. The van der Waals surface area contributed by atoms with Gasteiger partial charge in [0, 0.05) is 11.6 Å². The van der Waals surface area contributed by atoms with E-state index in [2.05, 4.69) is 26.0 Å². The number of rotatable bonds is 5. The lowest BCUT2D eigenvalue weighted by Gasteiger charge is -2.27. The first-order valence-electron chi connectivity index (χ1n) is 5.62. The van der Waals surface area contributed by atoms with Crippen LogP contribution in [-0.2, 0) is 6.42 Å². The summed E-state index contributed by atoms with van der Waals surface area (Å²) in [5.41, 5.74) is 13.3. The summed E-state index contributed by atoms with van der Waals surface area (Å²) in [6, 6.07) is 10.6. The van der Waals surface area contributed by atoms with E-state index in [1.807, 2.05) is 18.2 Å². The highest BCUT2D eigenvalue weighted by molar-refractivity contribution is 5.17. The zero-order valence-electron chi connectivity index (χ0n) is 9.74. The molecule has 2 nitrogen and oxygen atoms in total. The van der Waals surface area contributed by atoms with Crippen molar-refractivity contribution >= 4 is 0 Å². The average Bonchev–Trinajstić information content (AvgIpc) is 2.17. The van der Waals surface area contributed by atoms with Gasteiger partial charge < -0.3 is 11.5 Å². The van der Waals surface area contributed by atoms with Gasteiger partial charge in [-0.25, -0.2) is 0 Å². The van der Waals surface area contributed by atoms with Crippen molar-refractivity contribution in [3.05, 3.63) is 35.9 Å². The fraction of sp³-hybridized carbons (Fsp3) is 0.538. The van der Waals surface area contributed by atoms with Gasteiger partial charge in [-0.1, -0.05) is 37.3 Å². The van der Waals surface area contributed by atoms with Gasteiger partial charge in [0.05, 0.1) is 0 Å². The Morgan fingerprint density at radius 3 is 2.40 bits per heavy atom. The lowest BCUT2D eigenvalue weighted by Crippen LogP contribution is -2.44. The van der Waals surface area contributed by atoms with Gasteiger partial charge in [0.25, 0.3) is 0 Å². The maximum absolute atomic E-state index is 6.25. The van der Waals surface area contributed by atoms with Crippen LogP contribution in [0.5, 0.6) is 0 Å². The Labute approximate surface area is 92.7 Å². The molecule has 0 amide bonds. The summed E-state index contributed by atoms with van der Waals surface area (Å²) in [6.45, 7) is 4.18. The Hall–Kier alpha value is -0.860. The number of nitrogens with two attached hydrogens (primary N) is 2. The zero-order valence-corrected chi connectivity index (χ0v) is 9.74. The molecule has 0 radical (unpaired) electrons. The molecule has 0 spiro atoms. The predicted molar refractivity (Wildman–Crippen MR) is 65.6 cm³/mol. The third-order valence-electron chi connectivity index (χ3n) is 2.70. The van der Waals surface area contributed by atoms with Crippen LogP contribution in [0.2, 0.25) is 0 Å². The fourth-order valence-corrected chi connectivity index (χ4v) is 1.88. The highest BCUT2D eigenvalue weighted by Crippen LogP contribution is 2.16. The Bertz CT molecular complexity index is 280. The van der Waals surface area contributed by atoms with E-state index in [-0.39, 0.29) is 11.6 Å². The lowest BCUT2D eigenvalue weighted by molar-refractivity contribution is 0.382. The normalized spacial score (nSPS) is 17.1. The summed E-state index contributed by atoms with van der Waals surface area (Å²) in [5, 5.41) is 0. The number of hydrogen-bond donors (Lipinski definition) is 2. The van der Waals surface area contributed by atoms with E-state index in [0.717, 1.165) is 19.3 Å². The van der Waals surface area contributed by atoms with Gasteiger partial charge in [0.15, 0.2) is 0 Å². The molecule has 15 heavy (non-hydrogen) atoms. The van der Waals surface area contributed by atoms with Crippen LogP contribution in [-0.4, -0.2) is 11.6 Å². The molecule has 0 aromatic heterocycles. The minimum Gasteiger partial charge on any atom is -0.328 e. The maximum Gasteiger partial charge on any atom is 0.0181 e. The molecular weight excluding hydrogens is 184 g/mol. The van der Waals surface area contributed by atoms with Crippen LogP contribution < -0.4 is 11.5 Å². The van der Waals surface area contributed by atoms with Crippen LogP contribution in [0.4, 0.5) is 0 Å². The fourth-order valence-electron chi connectivity index (χ4n) is 1.88. The van der Waals surface area contributed by atoms with Crippen molar-refractivity contribution in [2.45, 2.75) is 44.7 Å². The number of hydrogen-bond acceptors (Lipinski definition) is 2. The first kappa shape index (κ1) is 12.2. The van der Waals surface area contributed by atoms with Gasteiger partial charge in [-0.15, -0.1) is 0 Å². The van der Waals surface area contributed by atoms with Crippen LogP contribution in [0.15, 0.2) is 30.3 Å². The SMILES string of the molecule is CC[C@@H](N)CC(C)(N)Cc1ccccc1. The topological polar surface area (TPSA) is 52.0 Å². The van der Waals surface area contributed by atoms with Gasteiger partial charge in [-0.05, 0) is 31.7 Å². The van der Waals surface area contributed by atoms with E-state index in [0.29, 0.717) is 0 Å². The molecule has 1 aromatic rings. The van der Waals surface area contributed by atoms with E-state index in [1.54, 1.807) is 0 Å². The van der Waals surface area contributed by atoms with Crippen molar-refractivity contribution in [2.75, 3.05) is 0 Å². The Balaban J connectivity index is 2.56. The lowest BCUT2D eigenvalue weighted by atomic mass is 9.87. The highest BCUT2D eigenvalue weighted by Gasteiger charge is 2.21. The molecule has 4 N–H and O–H groups in total. The van der Waals surface area contributed by atoms with Crippen LogP contribution >= 0.6 is 0 Å². The molecule has 84 valence electrons. The Morgan fingerprint density at radius 2 is 1.87 bits per heavy atom.